The average Bonchev–Trinajstić information content (AvgIpc) is 2.22. The number of carbonyl (C=O) groups excluding carboxylic acids is 1. The van der Waals surface area contributed by atoms with Crippen LogP contribution in [0, 0.1) is 0 Å². The summed E-state index contributed by atoms with van der Waals surface area (Å²) in [6, 6.07) is -1.69. The lowest BCUT2D eigenvalue weighted by Gasteiger charge is -2.21. The van der Waals surface area contributed by atoms with E-state index in [1.165, 1.54) is 0 Å². The van der Waals surface area contributed by atoms with Crippen LogP contribution in [0.4, 0.5) is 8.78 Å². The number of aliphatic carboxylic acids is 1. The zero-order valence-electron chi connectivity index (χ0n) is 9.44. The van der Waals surface area contributed by atoms with Crippen LogP contribution < -0.4 is 5.48 Å². The number of hydroxylamine groups is 1. The molecule has 100 valence electrons. The molecule has 0 aromatic heterocycles. The summed E-state index contributed by atoms with van der Waals surface area (Å²) in [6.45, 7) is 3.10. The van der Waals surface area contributed by atoms with Crippen molar-refractivity contribution in [3.8, 4) is 0 Å². The van der Waals surface area contributed by atoms with E-state index in [0.717, 1.165) is 6.08 Å². The Bertz CT molecular complexity index is 328. The summed E-state index contributed by atoms with van der Waals surface area (Å²) in [5, 5.41) is 8.54. The maximum atomic E-state index is 13.3. The number of hydrogen-bond donors (Lipinski definition) is 2. The summed E-state index contributed by atoms with van der Waals surface area (Å²) in [5.74, 6) is -7.67. The molecule has 0 rings (SSSR count). The van der Waals surface area contributed by atoms with E-state index >= 15 is 0 Å². The van der Waals surface area contributed by atoms with Gasteiger partial charge in [0, 0.05) is 6.42 Å². The molecule has 18 heavy (non-hydrogen) atoms. The summed E-state index contributed by atoms with van der Waals surface area (Å²) < 4.78 is 26.6. The number of halogens is 2. The van der Waals surface area contributed by atoms with Crippen LogP contribution in [0.1, 0.15) is 12.8 Å². The normalized spacial score (nSPS) is 14.8. The second kappa shape index (κ2) is 7.56. The predicted octanol–water partition coefficient (Wildman–Crippen LogP) is 0.459. The fourth-order valence-electron chi connectivity index (χ4n) is 1.06. The summed E-state index contributed by atoms with van der Waals surface area (Å²) in [7, 11) is 7.14. The molecule has 0 aromatic rings. The van der Waals surface area contributed by atoms with Crippen LogP contribution in [0.25, 0.3) is 0 Å². The lowest BCUT2D eigenvalue weighted by molar-refractivity contribution is -0.153. The highest BCUT2D eigenvalue weighted by Crippen LogP contribution is 2.22. The Labute approximate surface area is 107 Å². The van der Waals surface area contributed by atoms with E-state index < -0.39 is 42.3 Å². The van der Waals surface area contributed by atoms with Crippen molar-refractivity contribution in [2.24, 2.45) is 0 Å². The number of rotatable bonds is 9. The third-order valence-corrected chi connectivity index (χ3v) is 1.94. The van der Waals surface area contributed by atoms with Gasteiger partial charge in [-0.05, 0) is 0 Å². The Hall–Kier alpha value is -0.845. The van der Waals surface area contributed by atoms with E-state index in [0.29, 0.717) is 0 Å². The Morgan fingerprint density at radius 3 is 2.56 bits per heavy atom. The molecule has 0 heterocycles. The van der Waals surface area contributed by atoms with Crippen molar-refractivity contribution in [2.45, 2.75) is 30.6 Å². The van der Waals surface area contributed by atoms with Crippen molar-refractivity contribution in [1.82, 2.24) is 5.48 Å². The molecule has 0 aromatic carbocycles. The minimum Gasteiger partial charge on any atom is -0.481 e. The number of nitrogens with one attached hydrogen (secondary N) is 1. The first-order valence-electron chi connectivity index (χ1n) is 4.88. The molecule has 0 saturated heterocycles. The quantitative estimate of drug-likeness (QED) is 0.277. The van der Waals surface area contributed by atoms with E-state index in [4.69, 9.17) is 13.0 Å². The molecule has 0 aliphatic rings. The number of alkyl halides is 2. The number of carbonyl (C=O) groups is 2. The fraction of sp³-hybridized carbons (Fsp3) is 0.556. The lowest BCUT2D eigenvalue weighted by Crippen LogP contribution is -2.47. The maximum Gasteiger partial charge on any atom is 0.310 e. The summed E-state index contributed by atoms with van der Waals surface area (Å²) in [4.78, 5) is 26.5. The van der Waals surface area contributed by atoms with Crippen LogP contribution in [-0.2, 0) is 14.4 Å². The number of ketones is 1. The van der Waals surface area contributed by atoms with Crippen molar-refractivity contribution in [1.29, 1.82) is 0 Å². The highest BCUT2D eigenvalue weighted by molar-refractivity contribution is 7.20. The van der Waals surface area contributed by atoms with Gasteiger partial charge >= 0.3 is 11.9 Å². The molecule has 5 nitrogen and oxygen atoms in total. The van der Waals surface area contributed by atoms with Crippen LogP contribution in [0.5, 0.6) is 0 Å². The van der Waals surface area contributed by atoms with Gasteiger partial charge in [0.2, 0.25) is 5.78 Å². The molecule has 0 aliphatic carbocycles. The van der Waals surface area contributed by atoms with Gasteiger partial charge in [0.15, 0.2) is 0 Å². The van der Waals surface area contributed by atoms with Crippen molar-refractivity contribution >= 4 is 28.8 Å². The number of Topliss-reactive ketones (excluding diaryl/α,β-unsaturated/α-hetero) is 1. The minimum absolute atomic E-state index is 0.844. The molecule has 2 N–H and O–H groups in total. The minimum atomic E-state index is -3.71. The van der Waals surface area contributed by atoms with Crippen LogP contribution in [0.3, 0.4) is 0 Å². The number of carboxylic acids is 1. The van der Waals surface area contributed by atoms with Gasteiger partial charge in [-0.3, -0.25) is 9.59 Å². The molecular weight excluding hydrogens is 266 g/mol. The molecule has 0 bridgehead atoms. The Morgan fingerprint density at radius 1 is 1.61 bits per heavy atom. The second-order valence-electron chi connectivity index (χ2n) is 3.41. The first-order chi connectivity index (χ1) is 8.20. The van der Waals surface area contributed by atoms with Crippen LogP contribution in [0.15, 0.2) is 12.7 Å². The van der Waals surface area contributed by atoms with E-state index in [1.807, 2.05) is 14.7 Å². The lowest BCUT2D eigenvalue weighted by atomic mass is 10.0. The zero-order chi connectivity index (χ0) is 14.3. The van der Waals surface area contributed by atoms with Crippen molar-refractivity contribution in [2.75, 3.05) is 0 Å². The second-order valence-corrected chi connectivity index (χ2v) is 4.07. The molecule has 0 amide bonds. The van der Waals surface area contributed by atoms with E-state index in [9.17, 15) is 18.4 Å². The molecule has 0 spiro atoms. The first-order valence-corrected chi connectivity index (χ1v) is 5.54. The van der Waals surface area contributed by atoms with Gasteiger partial charge in [0.05, 0.1) is 12.2 Å². The topological polar surface area (TPSA) is 75.6 Å². The summed E-state index contributed by atoms with van der Waals surface area (Å²) in [6.07, 6.45) is -0.850. The largest absolute Gasteiger partial charge is 0.481 e. The Balaban J connectivity index is 4.77. The van der Waals surface area contributed by atoms with Crippen LogP contribution in [-0.4, -0.2) is 42.4 Å². The monoisotopic (exact) mass is 279 g/mol. The van der Waals surface area contributed by atoms with Gasteiger partial charge < -0.3 is 9.94 Å². The Kier molecular flexibility index (Phi) is 7.20. The van der Waals surface area contributed by atoms with E-state index in [1.54, 1.807) is 0 Å². The zero-order valence-corrected chi connectivity index (χ0v) is 10.6. The van der Waals surface area contributed by atoms with E-state index in [2.05, 4.69) is 11.4 Å². The van der Waals surface area contributed by atoms with Crippen molar-refractivity contribution in [3.63, 3.8) is 0 Å². The number of allylic oxidation sites excluding steroid dienone is 1. The fourth-order valence-corrected chi connectivity index (χ4v) is 1.14. The van der Waals surface area contributed by atoms with Gasteiger partial charge in [-0.2, -0.15) is 14.3 Å². The van der Waals surface area contributed by atoms with Gasteiger partial charge in [-0.25, -0.2) is 0 Å². The van der Waals surface area contributed by atoms with E-state index in [-0.39, 0.29) is 0 Å². The smallest absolute Gasteiger partial charge is 0.310 e. The SMILES string of the molecule is [B]C(P)ONC(CC(=O)O)C(=O)C(F)(F)CC=C. The highest BCUT2D eigenvalue weighted by Gasteiger charge is 2.42. The molecule has 3 unspecified atom stereocenters. The maximum absolute atomic E-state index is 13.3. The number of carboxylic acid groups (broad SMARTS) is 1. The van der Waals surface area contributed by atoms with Crippen LogP contribution in [0.2, 0.25) is 0 Å². The molecule has 9 heteroatoms. The molecule has 0 saturated carbocycles. The molecule has 0 aliphatic heterocycles. The standard InChI is InChI=1S/C9H13BF2NO4P/c1-2-3-9(11,12)7(16)5(4-6(14)15)13-17-8(10)18/h2,5,8,13H,1,3-4,18H2,(H,14,15). The third-order valence-electron chi connectivity index (χ3n) is 1.80. The average molecular weight is 279 g/mol. The van der Waals surface area contributed by atoms with Gasteiger partial charge in [-0.15, -0.1) is 15.8 Å². The predicted molar refractivity (Wildman–Crippen MR) is 64.3 cm³/mol. The van der Waals surface area contributed by atoms with Gasteiger partial charge in [0.25, 0.3) is 0 Å². The van der Waals surface area contributed by atoms with Gasteiger partial charge in [-0.1, -0.05) is 6.08 Å². The molecule has 3 atom stereocenters. The van der Waals surface area contributed by atoms with Gasteiger partial charge in [0.1, 0.15) is 13.9 Å². The molecule has 2 radical (unpaired) electrons. The molecule has 0 fully saturated rings. The van der Waals surface area contributed by atoms with Crippen molar-refractivity contribution in [3.05, 3.63) is 12.7 Å². The summed E-state index contributed by atoms with van der Waals surface area (Å²) >= 11 is 0. The highest BCUT2D eigenvalue weighted by atomic mass is 31.0. The summed E-state index contributed by atoms with van der Waals surface area (Å²) in [5.41, 5.74) is 1.92. The molecular formula is C9H13BF2NO4P. The first kappa shape index (κ1) is 17.2. The number of hydrogen-bond acceptors (Lipinski definition) is 4. The third kappa shape index (κ3) is 6.19. The Morgan fingerprint density at radius 2 is 2.17 bits per heavy atom. The van der Waals surface area contributed by atoms with Crippen LogP contribution >= 0.6 is 9.24 Å². The van der Waals surface area contributed by atoms with Crippen molar-refractivity contribution < 1.29 is 28.3 Å².